The third-order valence-corrected chi connectivity index (χ3v) is 5.03. The number of nitrogens with two attached hydrogens (primary N) is 1. The maximum Gasteiger partial charge on any atom is 0.119 e. The molecule has 3 fully saturated rings. The van der Waals surface area contributed by atoms with E-state index in [-0.39, 0.29) is 5.54 Å². The fraction of sp³-hybridized carbons (Fsp3) is 0.700. The number of ether oxygens (including phenoxy) is 1. The Kier molecular flexibility index (Phi) is 7.41. The van der Waals surface area contributed by atoms with Gasteiger partial charge in [0.2, 0.25) is 0 Å². The maximum atomic E-state index is 6.34. The zero-order chi connectivity index (χ0) is 16.6. The summed E-state index contributed by atoms with van der Waals surface area (Å²) in [6.45, 7) is 11.0. The van der Waals surface area contributed by atoms with Gasteiger partial charge in [-0.3, -0.25) is 0 Å². The number of hydrogen-bond acceptors (Lipinski definition) is 2. The minimum absolute atomic E-state index is 0.158. The summed E-state index contributed by atoms with van der Waals surface area (Å²) < 4.78 is 6.01. The van der Waals surface area contributed by atoms with Crippen LogP contribution in [0.5, 0.6) is 5.75 Å². The van der Waals surface area contributed by atoms with Gasteiger partial charge in [-0.15, -0.1) is 0 Å². The molecule has 0 saturated heterocycles. The van der Waals surface area contributed by atoms with E-state index >= 15 is 0 Å². The van der Waals surface area contributed by atoms with Gasteiger partial charge in [-0.25, -0.2) is 0 Å². The summed E-state index contributed by atoms with van der Waals surface area (Å²) in [6.07, 6.45) is 7.29. The van der Waals surface area contributed by atoms with Gasteiger partial charge in [0.1, 0.15) is 5.75 Å². The first kappa shape index (κ1) is 19.0. The van der Waals surface area contributed by atoms with E-state index in [2.05, 4.69) is 31.2 Å². The van der Waals surface area contributed by atoms with Gasteiger partial charge in [0.25, 0.3) is 0 Å². The molecule has 0 unspecified atom stereocenters. The molecule has 1 aromatic carbocycles. The SMILES string of the molecule is CC.CC.Cc1ccc(OCC23CCC(N)(CC2)CC3)cc1. The average Bonchev–Trinajstić information content (AvgIpc) is 2.59. The van der Waals surface area contributed by atoms with Crippen molar-refractivity contribution in [3.05, 3.63) is 29.8 Å². The Morgan fingerprint density at radius 3 is 1.77 bits per heavy atom. The molecule has 0 aliphatic heterocycles. The Hall–Kier alpha value is -1.02. The van der Waals surface area contributed by atoms with Crippen molar-refractivity contribution >= 4 is 0 Å². The summed E-state index contributed by atoms with van der Waals surface area (Å²) in [7, 11) is 0. The molecule has 0 atom stereocenters. The van der Waals surface area contributed by atoms with E-state index < -0.39 is 0 Å². The summed E-state index contributed by atoms with van der Waals surface area (Å²) in [5.41, 5.74) is 8.19. The molecule has 0 spiro atoms. The van der Waals surface area contributed by atoms with Crippen molar-refractivity contribution in [2.45, 2.75) is 78.7 Å². The highest BCUT2D eigenvalue weighted by Crippen LogP contribution is 2.51. The molecule has 4 rings (SSSR count). The molecule has 3 aliphatic carbocycles. The van der Waals surface area contributed by atoms with E-state index in [9.17, 15) is 0 Å². The second-order valence-electron chi connectivity index (χ2n) is 6.46. The van der Waals surface area contributed by atoms with E-state index in [1.807, 2.05) is 27.7 Å². The smallest absolute Gasteiger partial charge is 0.119 e. The van der Waals surface area contributed by atoms with Crippen LogP contribution in [-0.2, 0) is 0 Å². The maximum absolute atomic E-state index is 6.34. The topological polar surface area (TPSA) is 35.2 Å². The van der Waals surface area contributed by atoms with Gasteiger partial charge in [-0.2, -0.15) is 0 Å². The molecule has 1 aromatic rings. The van der Waals surface area contributed by atoms with Gasteiger partial charge in [-0.05, 0) is 57.6 Å². The standard InChI is InChI=1S/C16H23NO.2C2H6/c1-13-2-4-14(5-3-13)18-12-15-6-9-16(17,10-7-15)11-8-15;2*1-2/h2-5H,6-12,17H2,1H3;2*1-2H3. The van der Waals surface area contributed by atoms with Gasteiger partial charge in [0.05, 0.1) is 6.61 Å². The number of fused-ring (bicyclic) bond motifs is 3. The predicted molar refractivity (Wildman–Crippen MR) is 96.4 cm³/mol. The van der Waals surface area contributed by atoms with Crippen LogP contribution in [0.3, 0.4) is 0 Å². The third kappa shape index (κ3) is 4.74. The van der Waals surface area contributed by atoms with Gasteiger partial charge in [-0.1, -0.05) is 45.4 Å². The lowest BCUT2D eigenvalue weighted by molar-refractivity contribution is 0.00532. The monoisotopic (exact) mass is 305 g/mol. The molecule has 22 heavy (non-hydrogen) atoms. The van der Waals surface area contributed by atoms with Crippen molar-refractivity contribution in [3.8, 4) is 5.75 Å². The Morgan fingerprint density at radius 1 is 0.864 bits per heavy atom. The molecule has 0 aromatic heterocycles. The first-order valence-electron chi connectivity index (χ1n) is 9.08. The minimum atomic E-state index is 0.158. The number of rotatable bonds is 3. The fourth-order valence-corrected chi connectivity index (χ4v) is 3.38. The number of aryl methyl sites for hydroxylation is 1. The number of hydrogen-bond donors (Lipinski definition) is 1. The lowest BCUT2D eigenvalue weighted by Crippen LogP contribution is -2.53. The molecule has 2 heteroatoms. The molecule has 0 heterocycles. The summed E-state index contributed by atoms with van der Waals surface area (Å²) >= 11 is 0. The van der Waals surface area contributed by atoms with Crippen molar-refractivity contribution in [2.75, 3.05) is 6.61 Å². The molecule has 2 N–H and O–H groups in total. The van der Waals surface area contributed by atoms with E-state index in [0.29, 0.717) is 5.41 Å². The van der Waals surface area contributed by atoms with Crippen molar-refractivity contribution in [1.82, 2.24) is 0 Å². The lowest BCUT2D eigenvalue weighted by Gasteiger charge is -2.51. The second kappa shape index (κ2) is 8.57. The molecule has 3 aliphatic rings. The van der Waals surface area contributed by atoms with Gasteiger partial charge >= 0.3 is 0 Å². The van der Waals surface area contributed by atoms with E-state index in [0.717, 1.165) is 12.4 Å². The van der Waals surface area contributed by atoms with E-state index in [1.165, 1.54) is 44.1 Å². The second-order valence-corrected chi connectivity index (χ2v) is 6.46. The molecule has 126 valence electrons. The normalized spacial score (nSPS) is 28.8. The molecular formula is C20H35NO. The predicted octanol–water partition coefficient (Wildman–Crippen LogP) is 5.48. The highest BCUT2D eigenvalue weighted by Gasteiger charge is 2.46. The quantitative estimate of drug-likeness (QED) is 0.802. The summed E-state index contributed by atoms with van der Waals surface area (Å²) in [6, 6.07) is 8.37. The van der Waals surface area contributed by atoms with Crippen LogP contribution in [0.1, 0.15) is 71.8 Å². The van der Waals surface area contributed by atoms with E-state index in [4.69, 9.17) is 10.5 Å². The van der Waals surface area contributed by atoms with Gasteiger partial charge in [0, 0.05) is 11.0 Å². The van der Waals surface area contributed by atoms with Gasteiger partial charge < -0.3 is 10.5 Å². The van der Waals surface area contributed by atoms with Gasteiger partial charge in [0.15, 0.2) is 0 Å². The van der Waals surface area contributed by atoms with Crippen LogP contribution in [0.25, 0.3) is 0 Å². The van der Waals surface area contributed by atoms with Crippen molar-refractivity contribution in [1.29, 1.82) is 0 Å². The molecule has 2 nitrogen and oxygen atoms in total. The van der Waals surface area contributed by atoms with Crippen LogP contribution in [0, 0.1) is 12.3 Å². The molecule has 0 radical (unpaired) electrons. The first-order valence-corrected chi connectivity index (χ1v) is 9.08. The fourth-order valence-electron chi connectivity index (χ4n) is 3.38. The average molecular weight is 306 g/mol. The van der Waals surface area contributed by atoms with Crippen molar-refractivity contribution in [2.24, 2.45) is 11.1 Å². The summed E-state index contributed by atoms with van der Waals surface area (Å²) in [5, 5.41) is 0. The highest BCUT2D eigenvalue weighted by molar-refractivity contribution is 5.26. The van der Waals surface area contributed by atoms with E-state index in [1.54, 1.807) is 0 Å². The van der Waals surface area contributed by atoms with Crippen LogP contribution in [0.15, 0.2) is 24.3 Å². The van der Waals surface area contributed by atoms with Crippen molar-refractivity contribution < 1.29 is 4.74 Å². The lowest BCUT2D eigenvalue weighted by atomic mass is 9.58. The number of benzene rings is 1. The third-order valence-electron chi connectivity index (χ3n) is 5.03. The first-order chi connectivity index (χ1) is 10.6. The Morgan fingerprint density at radius 2 is 1.32 bits per heavy atom. The molecule has 0 amide bonds. The summed E-state index contributed by atoms with van der Waals surface area (Å²) in [4.78, 5) is 0. The van der Waals surface area contributed by atoms with Crippen LogP contribution in [-0.4, -0.2) is 12.1 Å². The minimum Gasteiger partial charge on any atom is -0.493 e. The zero-order valence-electron chi connectivity index (χ0n) is 15.2. The zero-order valence-corrected chi connectivity index (χ0v) is 15.2. The Labute approximate surface area is 137 Å². The van der Waals surface area contributed by atoms with Crippen molar-refractivity contribution in [3.63, 3.8) is 0 Å². The van der Waals surface area contributed by atoms with Crippen LogP contribution in [0.4, 0.5) is 0 Å². The molecular weight excluding hydrogens is 270 g/mol. The largest absolute Gasteiger partial charge is 0.493 e. The summed E-state index contributed by atoms with van der Waals surface area (Å²) in [5.74, 6) is 1.00. The van der Waals surface area contributed by atoms with Crippen LogP contribution < -0.4 is 10.5 Å². The highest BCUT2D eigenvalue weighted by atomic mass is 16.5. The molecule has 2 bridgehead atoms. The van der Waals surface area contributed by atoms with Crippen LogP contribution >= 0.6 is 0 Å². The Bertz CT molecular complexity index is 399. The Balaban J connectivity index is 0.000000561. The van der Waals surface area contributed by atoms with Crippen LogP contribution in [0.2, 0.25) is 0 Å². The molecule has 3 saturated carbocycles.